The Balaban J connectivity index is 4.42. The van der Waals surface area contributed by atoms with Crippen LogP contribution < -0.4 is 0 Å². The van der Waals surface area contributed by atoms with E-state index < -0.39 is 11.9 Å². The Labute approximate surface area is 144 Å². The minimum absolute atomic E-state index is 0.113. The molecule has 24 heavy (non-hydrogen) atoms. The van der Waals surface area contributed by atoms with Gasteiger partial charge in [-0.15, -0.1) is 6.58 Å². The van der Waals surface area contributed by atoms with Gasteiger partial charge in [-0.3, -0.25) is 0 Å². The fraction of sp³-hybridized carbons (Fsp3) is 0.556. The summed E-state index contributed by atoms with van der Waals surface area (Å²) in [6.07, 6.45) is 6.57. The Bertz CT molecular complexity index is 429. The number of ether oxygens (including phenoxy) is 4. The highest BCUT2D eigenvalue weighted by molar-refractivity contribution is 5.82. The first kappa shape index (κ1) is 22.1. The predicted octanol–water partition coefficient (Wildman–Crippen LogP) is 2.94. The predicted molar refractivity (Wildman–Crippen MR) is 91.2 cm³/mol. The molecule has 0 aliphatic heterocycles. The molecule has 136 valence electrons. The van der Waals surface area contributed by atoms with Crippen LogP contribution in [0.5, 0.6) is 0 Å². The van der Waals surface area contributed by atoms with Gasteiger partial charge in [0.05, 0.1) is 6.10 Å². The summed E-state index contributed by atoms with van der Waals surface area (Å²) in [5.41, 5.74) is 0. The molecule has 6 heteroatoms. The Morgan fingerprint density at radius 1 is 1.04 bits per heavy atom. The Hall–Kier alpha value is -1.92. The van der Waals surface area contributed by atoms with E-state index in [1.807, 2.05) is 0 Å². The smallest absolute Gasteiger partial charge is 0.330 e. The summed E-state index contributed by atoms with van der Waals surface area (Å²) >= 11 is 0. The van der Waals surface area contributed by atoms with Crippen LogP contribution in [0, 0.1) is 0 Å². The Kier molecular flexibility index (Phi) is 12.4. The second kappa shape index (κ2) is 13.5. The van der Waals surface area contributed by atoms with Crippen molar-refractivity contribution in [1.29, 1.82) is 0 Å². The number of hydrogen-bond donors (Lipinski definition) is 0. The Morgan fingerprint density at radius 2 is 1.71 bits per heavy atom. The summed E-state index contributed by atoms with van der Waals surface area (Å²) in [6, 6.07) is 0. The third-order valence-electron chi connectivity index (χ3n) is 2.97. The first-order valence-electron chi connectivity index (χ1n) is 7.84. The summed E-state index contributed by atoms with van der Waals surface area (Å²) in [5.74, 6) is -0.899. The van der Waals surface area contributed by atoms with Gasteiger partial charge in [0, 0.05) is 32.1 Å². The maximum Gasteiger partial charge on any atom is 0.330 e. The van der Waals surface area contributed by atoms with Gasteiger partial charge in [0.2, 0.25) is 0 Å². The fourth-order valence-corrected chi connectivity index (χ4v) is 1.90. The highest BCUT2D eigenvalue weighted by atomic mass is 16.7. The van der Waals surface area contributed by atoms with E-state index in [1.54, 1.807) is 26.0 Å². The molecule has 0 bridgehead atoms. The van der Waals surface area contributed by atoms with Crippen LogP contribution in [0.1, 0.15) is 33.1 Å². The van der Waals surface area contributed by atoms with Crippen molar-refractivity contribution < 1.29 is 28.5 Å². The number of esters is 2. The zero-order chi connectivity index (χ0) is 18.4. The monoisotopic (exact) mass is 340 g/mol. The van der Waals surface area contributed by atoms with Crippen LogP contribution in [0.25, 0.3) is 0 Å². The second-order valence-corrected chi connectivity index (χ2v) is 5.29. The first-order valence-corrected chi connectivity index (χ1v) is 7.84. The SMILES string of the molecule is C=CC[C@@H](C)OC(=O)/C=C/C[C@@H](C[C@@H](C)OC(=O)C=C)OCOC. The number of hydrogen-bond acceptors (Lipinski definition) is 6. The van der Waals surface area contributed by atoms with E-state index in [-0.39, 0.29) is 25.1 Å². The van der Waals surface area contributed by atoms with Crippen LogP contribution in [0.15, 0.2) is 37.5 Å². The lowest BCUT2D eigenvalue weighted by molar-refractivity contribution is -0.145. The molecule has 0 aromatic rings. The third-order valence-corrected chi connectivity index (χ3v) is 2.97. The summed E-state index contributed by atoms with van der Waals surface area (Å²) < 4.78 is 20.7. The van der Waals surface area contributed by atoms with Gasteiger partial charge in [-0.25, -0.2) is 9.59 Å². The van der Waals surface area contributed by atoms with Crippen molar-refractivity contribution >= 4 is 11.9 Å². The van der Waals surface area contributed by atoms with Crippen molar-refractivity contribution in [1.82, 2.24) is 0 Å². The van der Waals surface area contributed by atoms with Crippen molar-refractivity contribution in [3.63, 3.8) is 0 Å². The van der Waals surface area contributed by atoms with E-state index >= 15 is 0 Å². The van der Waals surface area contributed by atoms with Gasteiger partial charge in [0.1, 0.15) is 19.0 Å². The molecule has 0 aromatic heterocycles. The normalized spacial score (nSPS) is 14.6. The molecule has 0 saturated heterocycles. The minimum atomic E-state index is -0.483. The average Bonchev–Trinajstić information content (AvgIpc) is 2.52. The van der Waals surface area contributed by atoms with Crippen molar-refractivity contribution in [2.24, 2.45) is 0 Å². The summed E-state index contributed by atoms with van der Waals surface area (Å²) in [7, 11) is 1.52. The molecule has 0 saturated carbocycles. The molecule has 6 nitrogen and oxygen atoms in total. The van der Waals surface area contributed by atoms with E-state index in [0.29, 0.717) is 19.3 Å². The molecular weight excluding hydrogens is 312 g/mol. The number of carbonyl (C=O) groups excluding carboxylic acids is 2. The third kappa shape index (κ3) is 11.6. The molecule has 0 amide bonds. The lowest BCUT2D eigenvalue weighted by Crippen LogP contribution is -2.23. The van der Waals surface area contributed by atoms with Gasteiger partial charge >= 0.3 is 11.9 Å². The van der Waals surface area contributed by atoms with Crippen LogP contribution in [0.3, 0.4) is 0 Å². The molecule has 0 aliphatic rings. The minimum Gasteiger partial charge on any atom is -0.459 e. The van der Waals surface area contributed by atoms with E-state index in [4.69, 9.17) is 18.9 Å². The Morgan fingerprint density at radius 3 is 2.29 bits per heavy atom. The van der Waals surface area contributed by atoms with Crippen molar-refractivity contribution in [2.45, 2.75) is 51.4 Å². The molecule has 0 heterocycles. The van der Waals surface area contributed by atoms with Gasteiger partial charge < -0.3 is 18.9 Å². The van der Waals surface area contributed by atoms with E-state index in [0.717, 1.165) is 6.08 Å². The van der Waals surface area contributed by atoms with E-state index in [9.17, 15) is 9.59 Å². The molecule has 0 fully saturated rings. The fourth-order valence-electron chi connectivity index (χ4n) is 1.90. The number of methoxy groups -OCH3 is 1. The van der Waals surface area contributed by atoms with E-state index in [1.165, 1.54) is 13.2 Å². The summed E-state index contributed by atoms with van der Waals surface area (Å²) in [6.45, 7) is 10.6. The van der Waals surface area contributed by atoms with Crippen molar-refractivity contribution in [3.8, 4) is 0 Å². The van der Waals surface area contributed by atoms with Gasteiger partial charge in [0.25, 0.3) is 0 Å². The molecule has 0 aliphatic carbocycles. The topological polar surface area (TPSA) is 71.1 Å². The highest BCUT2D eigenvalue weighted by Crippen LogP contribution is 2.12. The molecule has 0 rings (SSSR count). The van der Waals surface area contributed by atoms with Gasteiger partial charge in [-0.1, -0.05) is 18.7 Å². The van der Waals surface area contributed by atoms with Crippen LogP contribution in [0.2, 0.25) is 0 Å². The zero-order valence-electron chi connectivity index (χ0n) is 14.7. The lowest BCUT2D eigenvalue weighted by Gasteiger charge is -2.20. The molecule has 0 radical (unpaired) electrons. The highest BCUT2D eigenvalue weighted by Gasteiger charge is 2.15. The molecule has 3 atom stereocenters. The molecule has 0 aromatic carbocycles. The quantitative estimate of drug-likeness (QED) is 0.222. The number of carbonyl (C=O) groups is 2. The van der Waals surface area contributed by atoms with Gasteiger partial charge in [-0.2, -0.15) is 0 Å². The lowest BCUT2D eigenvalue weighted by atomic mass is 10.1. The van der Waals surface area contributed by atoms with Crippen LogP contribution >= 0.6 is 0 Å². The van der Waals surface area contributed by atoms with Gasteiger partial charge in [0.15, 0.2) is 0 Å². The van der Waals surface area contributed by atoms with Crippen molar-refractivity contribution in [2.75, 3.05) is 13.9 Å². The maximum atomic E-state index is 11.6. The molecule has 0 N–H and O–H groups in total. The second-order valence-electron chi connectivity index (χ2n) is 5.29. The van der Waals surface area contributed by atoms with Crippen LogP contribution in [-0.2, 0) is 28.5 Å². The van der Waals surface area contributed by atoms with Crippen molar-refractivity contribution in [3.05, 3.63) is 37.5 Å². The molecule has 0 unspecified atom stereocenters. The molecule has 0 spiro atoms. The zero-order valence-corrected chi connectivity index (χ0v) is 14.7. The standard InChI is InChI=1S/C18H28O6/c1-6-9-14(3)23-18(20)11-8-10-16(22-13-21-5)12-15(4)24-17(19)7-2/h6-8,11,14-16H,1-2,9-10,12-13H2,3-5H3/b11-8+/t14-,15-,16+/m1/s1. The van der Waals surface area contributed by atoms with E-state index in [2.05, 4.69) is 13.2 Å². The van der Waals surface area contributed by atoms with Crippen LogP contribution in [-0.4, -0.2) is 44.2 Å². The first-order chi connectivity index (χ1) is 11.4. The maximum absolute atomic E-state index is 11.6. The molecular formula is C18H28O6. The largest absolute Gasteiger partial charge is 0.459 e. The average molecular weight is 340 g/mol. The van der Waals surface area contributed by atoms with Crippen LogP contribution in [0.4, 0.5) is 0 Å². The van der Waals surface area contributed by atoms with Gasteiger partial charge in [-0.05, 0) is 20.3 Å². The number of rotatable bonds is 13. The summed E-state index contributed by atoms with van der Waals surface area (Å²) in [5, 5.41) is 0. The summed E-state index contributed by atoms with van der Waals surface area (Å²) in [4.78, 5) is 22.8.